The minimum atomic E-state index is -0.477. The van der Waals surface area contributed by atoms with Crippen LogP contribution in [0.3, 0.4) is 0 Å². The van der Waals surface area contributed by atoms with Crippen molar-refractivity contribution in [3.05, 3.63) is 30.1 Å². The number of halogens is 1. The van der Waals surface area contributed by atoms with Gasteiger partial charge in [0.2, 0.25) is 0 Å². The summed E-state index contributed by atoms with van der Waals surface area (Å²) >= 11 is 0.0350. The molecule has 0 saturated carbocycles. The van der Waals surface area contributed by atoms with Crippen LogP contribution < -0.4 is 0 Å². The fourth-order valence-electron chi connectivity index (χ4n) is 1.35. The van der Waals surface area contributed by atoms with Crippen molar-refractivity contribution in [3.63, 3.8) is 0 Å². The fourth-order valence-corrected chi connectivity index (χ4v) is 1.65. The van der Waals surface area contributed by atoms with E-state index in [1.54, 1.807) is 18.2 Å². The van der Waals surface area contributed by atoms with Crippen molar-refractivity contribution >= 4 is 29.3 Å². The van der Waals surface area contributed by atoms with Gasteiger partial charge in [0.1, 0.15) is 11.8 Å². The number of fused-ring (bicyclic) bond motifs is 1. The Labute approximate surface area is 89.5 Å². The third-order valence-corrected chi connectivity index (χ3v) is 2.46. The molecule has 0 aliphatic carbocycles. The van der Waals surface area contributed by atoms with Gasteiger partial charge in [0.25, 0.3) is 0 Å². The number of ether oxygens (including phenoxy) is 1. The zero-order chi connectivity index (χ0) is 10.8. The molecular weight excluding hydrogens is 219 g/mol. The zero-order valence-corrected chi connectivity index (χ0v) is 8.62. The Morgan fingerprint density at radius 2 is 2.40 bits per heavy atom. The summed E-state index contributed by atoms with van der Waals surface area (Å²) in [6, 6.07) is 4.93. The van der Waals surface area contributed by atoms with Gasteiger partial charge in [-0.3, -0.25) is 0 Å². The summed E-state index contributed by atoms with van der Waals surface area (Å²) in [5.41, 5.74) is 1.32. The number of esters is 1. The number of hydrogen-bond acceptors (Lipinski definition) is 4. The molecule has 0 fully saturated rings. The minimum Gasteiger partial charge on any atom is -0.465 e. The molecule has 15 heavy (non-hydrogen) atoms. The van der Waals surface area contributed by atoms with Crippen LogP contribution in [0.25, 0.3) is 11.0 Å². The zero-order valence-electron chi connectivity index (χ0n) is 7.81. The number of rotatable bonds is 2. The second-order valence-corrected chi connectivity index (χ2v) is 3.34. The summed E-state index contributed by atoms with van der Waals surface area (Å²) in [4.78, 5) is 15.3. The summed E-state index contributed by atoms with van der Waals surface area (Å²) < 4.78 is 18.3. The van der Waals surface area contributed by atoms with Crippen LogP contribution in [0.2, 0.25) is 0 Å². The van der Waals surface area contributed by atoms with Gasteiger partial charge in [-0.05, 0) is 12.1 Å². The summed E-state index contributed by atoms with van der Waals surface area (Å²) in [5, 5.41) is 0. The molecule has 0 bridgehead atoms. The molecule has 2 aromatic rings. The number of para-hydroxylation sites is 1. The van der Waals surface area contributed by atoms with Gasteiger partial charge in [0.15, 0.2) is 12.3 Å². The van der Waals surface area contributed by atoms with E-state index in [1.165, 1.54) is 17.4 Å². The van der Waals surface area contributed by atoms with Crippen LogP contribution in [0.4, 0.5) is 3.89 Å². The van der Waals surface area contributed by atoms with E-state index in [1.807, 2.05) is 0 Å². The highest BCUT2D eigenvalue weighted by Gasteiger charge is 2.13. The van der Waals surface area contributed by atoms with Crippen molar-refractivity contribution in [1.29, 1.82) is 0 Å². The molecule has 0 radical (unpaired) electrons. The Balaban J connectivity index is 2.67. The van der Waals surface area contributed by atoms with Crippen LogP contribution in [0.15, 0.2) is 24.5 Å². The first-order chi connectivity index (χ1) is 7.27. The highest BCUT2D eigenvalue weighted by Crippen LogP contribution is 2.22. The summed E-state index contributed by atoms with van der Waals surface area (Å²) in [5.74, 6) is -0.477. The smallest absolute Gasteiger partial charge is 0.340 e. The van der Waals surface area contributed by atoms with Gasteiger partial charge in [-0.15, -0.1) is 3.89 Å². The summed E-state index contributed by atoms with van der Waals surface area (Å²) in [7, 11) is 1.29. The maximum Gasteiger partial charge on any atom is 0.340 e. The van der Waals surface area contributed by atoms with E-state index in [-0.39, 0.29) is 12.3 Å². The first-order valence-corrected chi connectivity index (χ1v) is 4.78. The average Bonchev–Trinajstić information content (AvgIpc) is 2.70. The van der Waals surface area contributed by atoms with Gasteiger partial charge < -0.3 is 4.74 Å². The predicted molar refractivity (Wildman–Crippen MR) is 55.2 cm³/mol. The average molecular weight is 226 g/mol. The van der Waals surface area contributed by atoms with E-state index >= 15 is 0 Å². The van der Waals surface area contributed by atoms with Crippen LogP contribution in [0.1, 0.15) is 10.4 Å². The highest BCUT2D eigenvalue weighted by molar-refractivity contribution is 7.92. The largest absolute Gasteiger partial charge is 0.465 e. The van der Waals surface area contributed by atoms with Crippen LogP contribution in [0, 0.1) is 0 Å². The van der Waals surface area contributed by atoms with Crippen molar-refractivity contribution in [2.24, 2.45) is 0 Å². The third kappa shape index (κ3) is 1.56. The van der Waals surface area contributed by atoms with Gasteiger partial charge in [0, 0.05) is 0 Å². The quantitative estimate of drug-likeness (QED) is 0.736. The van der Waals surface area contributed by atoms with Crippen molar-refractivity contribution in [3.8, 4) is 0 Å². The standard InChI is InChI=1S/C9H7FN2O2S/c1-14-9(13)6-3-2-4-7-8(6)11-5-12(7)15-10/h2-5H,1H3. The molecule has 1 heterocycles. The van der Waals surface area contributed by atoms with Crippen molar-refractivity contribution in [1.82, 2.24) is 8.96 Å². The highest BCUT2D eigenvalue weighted by atomic mass is 32.2. The normalized spacial score (nSPS) is 10.5. The Morgan fingerprint density at radius 1 is 1.60 bits per heavy atom. The second-order valence-electron chi connectivity index (χ2n) is 2.80. The van der Waals surface area contributed by atoms with Crippen LogP contribution in [-0.4, -0.2) is 22.0 Å². The molecule has 0 unspecified atom stereocenters. The second kappa shape index (κ2) is 3.90. The van der Waals surface area contributed by atoms with Crippen LogP contribution in [-0.2, 0) is 4.74 Å². The number of carbonyl (C=O) groups excluding carboxylic acids is 1. The Morgan fingerprint density at radius 3 is 3.07 bits per heavy atom. The maximum atomic E-state index is 12.4. The van der Waals surface area contributed by atoms with Crippen LogP contribution >= 0.6 is 12.3 Å². The van der Waals surface area contributed by atoms with Gasteiger partial charge in [-0.25, -0.2) is 13.8 Å². The van der Waals surface area contributed by atoms with E-state index in [9.17, 15) is 8.68 Å². The number of nitrogens with zero attached hydrogens (tertiary/aromatic N) is 2. The molecule has 0 aliphatic heterocycles. The molecule has 0 amide bonds. The lowest BCUT2D eigenvalue weighted by atomic mass is 10.2. The number of imidazole rings is 1. The molecule has 0 spiro atoms. The summed E-state index contributed by atoms with van der Waals surface area (Å²) in [6.45, 7) is 0. The molecule has 1 aromatic carbocycles. The Hall–Kier alpha value is -1.56. The van der Waals surface area contributed by atoms with Gasteiger partial charge >= 0.3 is 5.97 Å². The molecule has 78 valence electrons. The number of hydrogen-bond donors (Lipinski definition) is 0. The molecule has 1 aromatic heterocycles. The first-order valence-electron chi connectivity index (χ1n) is 4.11. The van der Waals surface area contributed by atoms with Gasteiger partial charge in [-0.1, -0.05) is 6.07 Å². The van der Waals surface area contributed by atoms with Crippen molar-refractivity contribution < 1.29 is 13.4 Å². The number of carbonyl (C=O) groups is 1. The number of aromatic nitrogens is 2. The van der Waals surface area contributed by atoms with Gasteiger partial charge in [0.05, 0.1) is 18.2 Å². The van der Waals surface area contributed by atoms with E-state index in [2.05, 4.69) is 9.72 Å². The van der Waals surface area contributed by atoms with E-state index < -0.39 is 5.97 Å². The topological polar surface area (TPSA) is 44.1 Å². The van der Waals surface area contributed by atoms with Crippen molar-refractivity contribution in [2.75, 3.05) is 7.11 Å². The molecular formula is C9H7FN2O2S. The van der Waals surface area contributed by atoms with Gasteiger partial charge in [-0.2, -0.15) is 0 Å². The molecule has 0 atom stereocenters. The molecule has 2 rings (SSSR count). The molecule has 0 saturated heterocycles. The molecule has 0 aliphatic rings. The SMILES string of the molecule is COC(=O)c1cccc2c1ncn2SF. The molecule has 6 heteroatoms. The lowest BCUT2D eigenvalue weighted by Crippen LogP contribution is -2.01. The van der Waals surface area contributed by atoms with Crippen molar-refractivity contribution in [2.45, 2.75) is 0 Å². The molecule has 4 nitrogen and oxygen atoms in total. The monoisotopic (exact) mass is 226 g/mol. The number of benzene rings is 1. The lowest BCUT2D eigenvalue weighted by Gasteiger charge is -2.00. The third-order valence-electron chi connectivity index (χ3n) is 2.02. The number of methoxy groups -OCH3 is 1. The van der Waals surface area contributed by atoms with E-state index in [0.717, 1.165) is 0 Å². The first kappa shape index (κ1) is 9.97. The Kier molecular flexibility index (Phi) is 2.59. The van der Waals surface area contributed by atoms with Crippen LogP contribution in [0.5, 0.6) is 0 Å². The summed E-state index contributed by atoms with van der Waals surface area (Å²) in [6.07, 6.45) is 1.32. The predicted octanol–water partition coefficient (Wildman–Crippen LogP) is 2.20. The van der Waals surface area contributed by atoms with E-state index in [0.29, 0.717) is 16.6 Å². The lowest BCUT2D eigenvalue weighted by molar-refractivity contribution is 0.0603. The Bertz CT molecular complexity index is 512. The molecule has 0 N–H and O–H groups in total. The fraction of sp³-hybridized carbons (Fsp3) is 0.111. The maximum absolute atomic E-state index is 12.4. The minimum absolute atomic E-state index is 0.0350. The van der Waals surface area contributed by atoms with E-state index in [4.69, 9.17) is 0 Å².